The standard InChI is InChI=1S/C19H28N6O/c1-20-18(22-14-19(9-6-10-19)11-12-26-2)21-13-17-24-23-15-25(17)16-7-4-3-5-8-16/h3-5,7-8,15H,6,9-14H2,1-2H3,(H2,20,21,22). The molecule has 26 heavy (non-hydrogen) atoms. The lowest BCUT2D eigenvalue weighted by Gasteiger charge is -2.42. The van der Waals surface area contributed by atoms with E-state index in [4.69, 9.17) is 4.74 Å². The first-order chi connectivity index (χ1) is 12.8. The van der Waals surface area contributed by atoms with E-state index in [9.17, 15) is 0 Å². The summed E-state index contributed by atoms with van der Waals surface area (Å²) in [5.74, 6) is 1.63. The van der Waals surface area contributed by atoms with Gasteiger partial charge in [-0.15, -0.1) is 10.2 Å². The molecule has 2 aromatic rings. The number of nitrogens with zero attached hydrogens (tertiary/aromatic N) is 4. The lowest BCUT2D eigenvalue weighted by Crippen LogP contribution is -2.46. The zero-order chi connectivity index (χ0) is 18.2. The highest BCUT2D eigenvalue weighted by Gasteiger charge is 2.36. The molecule has 7 heteroatoms. The molecule has 1 aromatic heterocycles. The molecule has 1 heterocycles. The second-order valence-corrected chi connectivity index (χ2v) is 6.83. The first kappa shape index (κ1) is 18.4. The van der Waals surface area contributed by atoms with Crippen LogP contribution in [0, 0.1) is 5.41 Å². The van der Waals surface area contributed by atoms with Crippen LogP contribution in [0.4, 0.5) is 0 Å². The smallest absolute Gasteiger partial charge is 0.191 e. The van der Waals surface area contributed by atoms with Gasteiger partial charge in [-0.2, -0.15) is 0 Å². The predicted molar refractivity (Wildman–Crippen MR) is 102 cm³/mol. The van der Waals surface area contributed by atoms with Gasteiger partial charge in [0.25, 0.3) is 0 Å². The predicted octanol–water partition coefficient (Wildman–Crippen LogP) is 2.14. The molecule has 0 amide bonds. The highest BCUT2D eigenvalue weighted by molar-refractivity contribution is 5.79. The maximum absolute atomic E-state index is 5.27. The molecule has 0 spiro atoms. The van der Waals surface area contributed by atoms with Crippen LogP contribution in [0.25, 0.3) is 5.69 Å². The molecule has 1 fully saturated rings. The Morgan fingerprint density at radius 1 is 1.27 bits per heavy atom. The molecule has 1 saturated carbocycles. The first-order valence-electron chi connectivity index (χ1n) is 9.14. The zero-order valence-electron chi connectivity index (χ0n) is 15.6. The molecule has 0 aliphatic heterocycles. The molecule has 1 aliphatic carbocycles. The molecular weight excluding hydrogens is 328 g/mol. The maximum atomic E-state index is 5.27. The number of hydrogen-bond donors (Lipinski definition) is 2. The van der Waals surface area contributed by atoms with Crippen LogP contribution in [-0.2, 0) is 11.3 Å². The largest absolute Gasteiger partial charge is 0.385 e. The summed E-state index contributed by atoms with van der Waals surface area (Å²) in [6.07, 6.45) is 6.63. The van der Waals surface area contributed by atoms with Gasteiger partial charge in [0.15, 0.2) is 11.8 Å². The van der Waals surface area contributed by atoms with Gasteiger partial charge in [-0.1, -0.05) is 24.6 Å². The minimum Gasteiger partial charge on any atom is -0.385 e. The molecule has 7 nitrogen and oxygen atoms in total. The first-order valence-corrected chi connectivity index (χ1v) is 9.14. The van der Waals surface area contributed by atoms with Crippen LogP contribution in [0.3, 0.4) is 0 Å². The van der Waals surface area contributed by atoms with Crippen molar-refractivity contribution in [2.45, 2.75) is 32.2 Å². The Labute approximate surface area is 154 Å². The van der Waals surface area contributed by atoms with E-state index < -0.39 is 0 Å². The van der Waals surface area contributed by atoms with E-state index in [-0.39, 0.29) is 0 Å². The van der Waals surface area contributed by atoms with Crippen LogP contribution in [0.2, 0.25) is 0 Å². The van der Waals surface area contributed by atoms with E-state index in [1.165, 1.54) is 19.3 Å². The van der Waals surface area contributed by atoms with Crippen LogP contribution >= 0.6 is 0 Å². The van der Waals surface area contributed by atoms with Crippen LogP contribution in [0.1, 0.15) is 31.5 Å². The van der Waals surface area contributed by atoms with Crippen molar-refractivity contribution in [3.05, 3.63) is 42.5 Å². The molecule has 0 unspecified atom stereocenters. The van der Waals surface area contributed by atoms with E-state index in [0.29, 0.717) is 12.0 Å². The lowest BCUT2D eigenvalue weighted by molar-refractivity contribution is 0.0732. The van der Waals surface area contributed by atoms with Crippen LogP contribution in [0.5, 0.6) is 0 Å². The van der Waals surface area contributed by atoms with Crippen LogP contribution in [0.15, 0.2) is 41.7 Å². The molecule has 0 saturated heterocycles. The Morgan fingerprint density at radius 3 is 2.73 bits per heavy atom. The molecular formula is C19H28N6O. The Hall–Kier alpha value is -2.41. The third-order valence-electron chi connectivity index (χ3n) is 5.17. The zero-order valence-corrected chi connectivity index (χ0v) is 15.6. The van der Waals surface area contributed by atoms with E-state index in [1.54, 1.807) is 20.5 Å². The molecule has 0 radical (unpaired) electrons. The summed E-state index contributed by atoms with van der Waals surface area (Å²) >= 11 is 0. The van der Waals surface area contributed by atoms with Crippen molar-refractivity contribution in [3.63, 3.8) is 0 Å². The van der Waals surface area contributed by atoms with Crippen molar-refractivity contribution in [3.8, 4) is 5.69 Å². The van der Waals surface area contributed by atoms with Crippen LogP contribution in [-0.4, -0.2) is 48.0 Å². The average Bonchev–Trinajstić information content (AvgIpc) is 3.12. The maximum Gasteiger partial charge on any atom is 0.191 e. The number of para-hydroxylation sites is 1. The number of hydrogen-bond acceptors (Lipinski definition) is 4. The van der Waals surface area contributed by atoms with E-state index in [2.05, 4.69) is 25.8 Å². The molecule has 2 N–H and O–H groups in total. The van der Waals surface area contributed by atoms with Gasteiger partial charge in [-0.25, -0.2) is 0 Å². The fourth-order valence-electron chi connectivity index (χ4n) is 3.35. The number of aliphatic imine (C=N–C) groups is 1. The topological polar surface area (TPSA) is 76.4 Å². The quantitative estimate of drug-likeness (QED) is 0.560. The highest BCUT2D eigenvalue weighted by atomic mass is 16.5. The number of guanidine groups is 1. The minimum atomic E-state index is 0.345. The minimum absolute atomic E-state index is 0.345. The number of ether oxygens (including phenoxy) is 1. The van der Waals surface area contributed by atoms with Crippen molar-refractivity contribution < 1.29 is 4.74 Å². The Morgan fingerprint density at radius 2 is 2.08 bits per heavy atom. The summed E-state index contributed by atoms with van der Waals surface area (Å²) in [6.45, 7) is 2.29. The van der Waals surface area contributed by atoms with Gasteiger partial charge < -0.3 is 15.4 Å². The van der Waals surface area contributed by atoms with Crippen molar-refractivity contribution in [2.24, 2.45) is 10.4 Å². The fraction of sp³-hybridized carbons (Fsp3) is 0.526. The van der Waals surface area contributed by atoms with Gasteiger partial charge in [0.2, 0.25) is 0 Å². The summed E-state index contributed by atoms with van der Waals surface area (Å²) in [5, 5.41) is 15.1. The Kier molecular flexibility index (Phi) is 6.22. The number of methoxy groups -OCH3 is 1. The van der Waals surface area contributed by atoms with Gasteiger partial charge >= 0.3 is 0 Å². The van der Waals surface area contributed by atoms with E-state index in [1.807, 2.05) is 34.9 Å². The Bertz CT molecular complexity index is 708. The molecule has 1 aromatic carbocycles. The molecule has 0 bridgehead atoms. The summed E-state index contributed by atoms with van der Waals surface area (Å²) < 4.78 is 7.24. The summed E-state index contributed by atoms with van der Waals surface area (Å²) in [6, 6.07) is 10.1. The van der Waals surface area contributed by atoms with Gasteiger partial charge in [-0.3, -0.25) is 9.56 Å². The highest BCUT2D eigenvalue weighted by Crippen LogP contribution is 2.43. The van der Waals surface area contributed by atoms with Crippen LogP contribution < -0.4 is 10.6 Å². The second kappa shape index (κ2) is 8.80. The molecule has 140 valence electrons. The normalized spacial score (nSPS) is 16.2. The van der Waals surface area contributed by atoms with E-state index in [0.717, 1.165) is 37.0 Å². The number of benzene rings is 1. The van der Waals surface area contributed by atoms with Crippen molar-refractivity contribution >= 4 is 5.96 Å². The van der Waals surface area contributed by atoms with Crippen molar-refractivity contribution in [1.29, 1.82) is 0 Å². The van der Waals surface area contributed by atoms with E-state index >= 15 is 0 Å². The number of nitrogens with one attached hydrogen (secondary N) is 2. The Balaban J connectivity index is 1.55. The molecule has 0 atom stereocenters. The lowest BCUT2D eigenvalue weighted by atomic mass is 9.67. The van der Waals surface area contributed by atoms with Gasteiger partial charge in [0.05, 0.1) is 6.54 Å². The number of aromatic nitrogens is 3. The van der Waals surface area contributed by atoms with Gasteiger partial charge in [0, 0.05) is 33.0 Å². The fourth-order valence-corrected chi connectivity index (χ4v) is 3.35. The summed E-state index contributed by atoms with van der Waals surface area (Å²) in [7, 11) is 3.56. The summed E-state index contributed by atoms with van der Waals surface area (Å²) in [4.78, 5) is 4.34. The molecule has 1 aliphatic rings. The van der Waals surface area contributed by atoms with Crippen molar-refractivity contribution in [1.82, 2.24) is 25.4 Å². The van der Waals surface area contributed by atoms with Gasteiger partial charge in [-0.05, 0) is 36.8 Å². The van der Waals surface area contributed by atoms with Crippen molar-refractivity contribution in [2.75, 3.05) is 27.3 Å². The van der Waals surface area contributed by atoms with Gasteiger partial charge in [0.1, 0.15) is 6.33 Å². The monoisotopic (exact) mass is 356 g/mol. The SMILES string of the molecule is CN=C(NCc1nncn1-c1ccccc1)NCC1(CCOC)CCC1. The second-order valence-electron chi connectivity index (χ2n) is 6.83. The third kappa shape index (κ3) is 4.40. The third-order valence-corrected chi connectivity index (χ3v) is 5.17. The summed E-state index contributed by atoms with van der Waals surface area (Å²) in [5.41, 5.74) is 1.39. The molecule has 3 rings (SSSR count). The average molecular weight is 356 g/mol. The number of rotatable bonds is 8.